The van der Waals surface area contributed by atoms with E-state index in [1.54, 1.807) is 36.9 Å². The first-order chi connectivity index (χ1) is 11.8. The summed E-state index contributed by atoms with van der Waals surface area (Å²) < 4.78 is 1.49. The monoisotopic (exact) mass is 324 g/mol. The van der Waals surface area contributed by atoms with Crippen LogP contribution >= 0.6 is 0 Å². The molecule has 0 radical (unpaired) electrons. The van der Waals surface area contributed by atoms with Crippen LogP contribution in [0.1, 0.15) is 23.2 Å². The van der Waals surface area contributed by atoms with Crippen molar-refractivity contribution >= 4 is 17.4 Å². The second-order valence-electron chi connectivity index (χ2n) is 5.72. The summed E-state index contributed by atoms with van der Waals surface area (Å²) in [4.78, 5) is 23.1. The summed E-state index contributed by atoms with van der Waals surface area (Å²) in [6.45, 7) is 1.64. The molecule has 24 heavy (non-hydrogen) atoms. The fourth-order valence-electron chi connectivity index (χ4n) is 2.90. The van der Waals surface area contributed by atoms with Crippen molar-refractivity contribution in [1.29, 1.82) is 0 Å². The largest absolute Gasteiger partial charge is 0.353 e. The van der Waals surface area contributed by atoms with Gasteiger partial charge in [-0.2, -0.15) is 4.52 Å². The molecule has 0 saturated carbocycles. The van der Waals surface area contributed by atoms with Crippen LogP contribution in [0.2, 0.25) is 0 Å². The third kappa shape index (κ3) is 2.87. The Balaban J connectivity index is 1.45. The van der Waals surface area contributed by atoms with Crippen molar-refractivity contribution in [3.05, 3.63) is 42.5 Å². The van der Waals surface area contributed by atoms with Crippen LogP contribution in [0.15, 0.2) is 36.9 Å². The first-order valence-corrected chi connectivity index (χ1v) is 7.79. The molecular weight excluding hydrogens is 308 g/mol. The summed E-state index contributed by atoms with van der Waals surface area (Å²) in [5.41, 5.74) is 1.14. The third-order valence-corrected chi connectivity index (χ3v) is 4.08. The van der Waals surface area contributed by atoms with Gasteiger partial charge in [-0.05, 0) is 35.4 Å². The Morgan fingerprint density at radius 1 is 1.29 bits per heavy atom. The zero-order valence-corrected chi connectivity index (χ0v) is 12.9. The number of aromatic nitrogens is 6. The first kappa shape index (κ1) is 14.5. The lowest BCUT2D eigenvalue weighted by Crippen LogP contribution is -2.48. The van der Waals surface area contributed by atoms with E-state index in [1.807, 2.05) is 0 Å². The number of hydrogen-bond donors (Lipinski definition) is 1. The number of pyridine rings is 1. The van der Waals surface area contributed by atoms with E-state index in [0.717, 1.165) is 31.7 Å². The number of carbonyl (C=O) groups excluding carboxylic acids is 1. The summed E-state index contributed by atoms with van der Waals surface area (Å²) in [7, 11) is 0. The molecule has 1 aliphatic rings. The molecule has 9 nitrogen and oxygen atoms in total. The number of anilines is 1. The maximum Gasteiger partial charge on any atom is 0.253 e. The lowest BCUT2D eigenvalue weighted by Gasteiger charge is -2.33. The van der Waals surface area contributed by atoms with Gasteiger partial charge in [0.1, 0.15) is 5.82 Å². The maximum atomic E-state index is 12.5. The lowest BCUT2D eigenvalue weighted by molar-refractivity contribution is 0.0932. The van der Waals surface area contributed by atoms with Crippen LogP contribution in [-0.4, -0.2) is 55.0 Å². The third-order valence-electron chi connectivity index (χ3n) is 4.08. The average Bonchev–Trinajstić information content (AvgIpc) is 3.10. The van der Waals surface area contributed by atoms with Crippen molar-refractivity contribution in [3.8, 4) is 0 Å². The van der Waals surface area contributed by atoms with Gasteiger partial charge in [-0.3, -0.25) is 9.78 Å². The van der Waals surface area contributed by atoms with Gasteiger partial charge in [-0.1, -0.05) is 0 Å². The molecule has 9 heteroatoms. The second kappa shape index (κ2) is 6.19. The Hall–Kier alpha value is -3.10. The molecule has 4 rings (SSSR count). The van der Waals surface area contributed by atoms with Gasteiger partial charge < -0.3 is 10.2 Å². The van der Waals surface area contributed by atoms with Gasteiger partial charge >= 0.3 is 0 Å². The Morgan fingerprint density at radius 3 is 3.12 bits per heavy atom. The average molecular weight is 324 g/mol. The molecule has 1 saturated heterocycles. The molecule has 0 aromatic carbocycles. The van der Waals surface area contributed by atoms with E-state index in [9.17, 15) is 4.79 Å². The van der Waals surface area contributed by atoms with Crippen LogP contribution in [0.25, 0.3) is 5.65 Å². The number of amides is 1. The van der Waals surface area contributed by atoms with Gasteiger partial charge in [0, 0.05) is 37.7 Å². The molecule has 1 amide bonds. The highest BCUT2D eigenvalue weighted by Gasteiger charge is 2.23. The van der Waals surface area contributed by atoms with Gasteiger partial charge in [-0.25, -0.2) is 4.98 Å². The van der Waals surface area contributed by atoms with Crippen molar-refractivity contribution in [3.63, 3.8) is 0 Å². The van der Waals surface area contributed by atoms with Gasteiger partial charge in [0.05, 0.1) is 11.8 Å². The zero-order valence-electron chi connectivity index (χ0n) is 12.9. The van der Waals surface area contributed by atoms with Crippen LogP contribution < -0.4 is 10.2 Å². The Labute approximate surface area is 137 Å². The summed E-state index contributed by atoms with van der Waals surface area (Å²) >= 11 is 0. The highest BCUT2D eigenvalue weighted by molar-refractivity contribution is 5.94. The fraction of sp³-hybridized carbons (Fsp3) is 0.333. The smallest absolute Gasteiger partial charge is 0.253 e. The molecule has 122 valence electrons. The highest BCUT2D eigenvalue weighted by Crippen LogP contribution is 2.17. The van der Waals surface area contributed by atoms with Crippen molar-refractivity contribution in [1.82, 2.24) is 35.3 Å². The summed E-state index contributed by atoms with van der Waals surface area (Å²) in [6, 6.07) is 3.52. The van der Waals surface area contributed by atoms with Gasteiger partial charge in [0.25, 0.3) is 5.91 Å². The zero-order chi connectivity index (χ0) is 16.4. The Kier molecular flexibility index (Phi) is 3.73. The number of nitrogens with one attached hydrogen (secondary N) is 1. The molecule has 3 aromatic heterocycles. The van der Waals surface area contributed by atoms with Crippen LogP contribution in [-0.2, 0) is 0 Å². The first-order valence-electron chi connectivity index (χ1n) is 7.79. The van der Waals surface area contributed by atoms with E-state index < -0.39 is 0 Å². The van der Waals surface area contributed by atoms with Gasteiger partial charge in [0.15, 0.2) is 5.65 Å². The number of carbonyl (C=O) groups is 1. The molecule has 0 spiro atoms. The number of fused-ring (bicyclic) bond motifs is 1. The van der Waals surface area contributed by atoms with E-state index in [1.165, 1.54) is 4.52 Å². The number of tetrazole rings is 1. The molecule has 0 aliphatic carbocycles. The molecule has 3 aromatic rings. The highest BCUT2D eigenvalue weighted by atomic mass is 16.1. The molecule has 4 heterocycles. The van der Waals surface area contributed by atoms with Crippen molar-refractivity contribution in [2.75, 3.05) is 18.0 Å². The number of nitrogens with zero attached hydrogens (tertiary/aromatic N) is 7. The van der Waals surface area contributed by atoms with Crippen LogP contribution in [0, 0.1) is 0 Å². The van der Waals surface area contributed by atoms with E-state index in [0.29, 0.717) is 11.2 Å². The quantitative estimate of drug-likeness (QED) is 0.740. The normalized spacial score (nSPS) is 17.8. The fourth-order valence-corrected chi connectivity index (χ4v) is 2.90. The maximum absolute atomic E-state index is 12.5. The minimum Gasteiger partial charge on any atom is -0.353 e. The van der Waals surface area contributed by atoms with Crippen LogP contribution in [0.3, 0.4) is 0 Å². The second-order valence-corrected chi connectivity index (χ2v) is 5.72. The number of piperidine rings is 1. The van der Waals surface area contributed by atoms with Crippen molar-refractivity contribution < 1.29 is 4.79 Å². The standard InChI is InChI=1S/C15H16N8O/c24-15(11-3-4-13-19-20-21-23(13)9-11)18-12-2-1-7-22(10-12)14-8-16-5-6-17-14/h3-6,8-9,12H,1-2,7,10H2,(H,18,24). The molecule has 1 atom stereocenters. The summed E-state index contributed by atoms with van der Waals surface area (Å²) in [5.74, 6) is 0.713. The molecule has 1 fully saturated rings. The Morgan fingerprint density at radius 2 is 2.25 bits per heavy atom. The minimum atomic E-state index is -0.126. The predicted molar refractivity (Wildman–Crippen MR) is 85.5 cm³/mol. The topological polar surface area (TPSA) is 101 Å². The van der Waals surface area contributed by atoms with E-state index in [4.69, 9.17) is 0 Å². The minimum absolute atomic E-state index is 0.0674. The van der Waals surface area contributed by atoms with Crippen LogP contribution in [0.4, 0.5) is 5.82 Å². The van der Waals surface area contributed by atoms with E-state index >= 15 is 0 Å². The number of rotatable bonds is 3. The SMILES string of the molecule is O=C(NC1CCCN(c2cnccn2)C1)c1ccc2nnnn2c1. The van der Waals surface area contributed by atoms with Crippen molar-refractivity contribution in [2.45, 2.75) is 18.9 Å². The molecule has 1 unspecified atom stereocenters. The molecule has 1 aliphatic heterocycles. The van der Waals surface area contributed by atoms with Gasteiger partial charge in [0.2, 0.25) is 0 Å². The summed E-state index contributed by atoms with van der Waals surface area (Å²) in [6.07, 6.45) is 8.65. The van der Waals surface area contributed by atoms with E-state index in [-0.39, 0.29) is 11.9 Å². The van der Waals surface area contributed by atoms with Gasteiger partial charge in [-0.15, -0.1) is 5.10 Å². The summed E-state index contributed by atoms with van der Waals surface area (Å²) in [5, 5.41) is 14.3. The molecular formula is C15H16N8O. The Bertz CT molecular complexity index is 849. The van der Waals surface area contributed by atoms with Crippen LogP contribution in [0.5, 0.6) is 0 Å². The van der Waals surface area contributed by atoms with E-state index in [2.05, 4.69) is 35.7 Å². The molecule has 1 N–H and O–H groups in total. The predicted octanol–water partition coefficient (Wildman–Crippen LogP) is 0.313. The van der Waals surface area contributed by atoms with Crippen molar-refractivity contribution in [2.24, 2.45) is 0 Å². The molecule has 0 bridgehead atoms. The number of hydrogen-bond acceptors (Lipinski definition) is 7. The lowest BCUT2D eigenvalue weighted by atomic mass is 10.1.